The Morgan fingerprint density at radius 1 is 1.35 bits per heavy atom. The normalized spacial score (nSPS) is 17.8. The summed E-state index contributed by atoms with van der Waals surface area (Å²) >= 11 is 0. The molecule has 1 fully saturated rings. The summed E-state index contributed by atoms with van der Waals surface area (Å²) in [5.41, 5.74) is 6.79. The third-order valence-corrected chi connectivity index (χ3v) is 4.39. The molecule has 6 heteroatoms. The predicted molar refractivity (Wildman–Crippen MR) is 85.4 cm³/mol. The highest BCUT2D eigenvalue weighted by Crippen LogP contribution is 2.35. The molecular formula is C17H22N4O2. The minimum Gasteiger partial charge on any atom is -0.341 e. The fraction of sp³-hybridized carbons (Fsp3) is 0.471. The summed E-state index contributed by atoms with van der Waals surface area (Å²) in [5.74, 6) is 0.850. The highest BCUT2D eigenvalue weighted by molar-refractivity contribution is 5.76. The van der Waals surface area contributed by atoms with Crippen molar-refractivity contribution < 1.29 is 9.32 Å². The molecule has 2 aromatic rings. The second kappa shape index (κ2) is 6.50. The fourth-order valence-corrected chi connectivity index (χ4v) is 2.98. The van der Waals surface area contributed by atoms with Gasteiger partial charge in [0.2, 0.25) is 5.91 Å². The van der Waals surface area contributed by atoms with E-state index >= 15 is 0 Å². The Kier molecular flexibility index (Phi) is 4.43. The van der Waals surface area contributed by atoms with Crippen molar-refractivity contribution in [1.82, 2.24) is 15.5 Å². The maximum atomic E-state index is 11.9. The topological polar surface area (TPSA) is 94.0 Å². The van der Waals surface area contributed by atoms with Gasteiger partial charge in [0.25, 0.3) is 5.89 Å². The van der Waals surface area contributed by atoms with Crippen molar-refractivity contribution in [3.05, 3.63) is 47.6 Å². The Balaban J connectivity index is 1.91. The average Bonchev–Trinajstić information content (AvgIpc) is 3.23. The van der Waals surface area contributed by atoms with Crippen molar-refractivity contribution in [3.63, 3.8) is 0 Å². The average molecular weight is 314 g/mol. The van der Waals surface area contributed by atoms with Crippen molar-refractivity contribution in [2.75, 3.05) is 0 Å². The molecular weight excluding hydrogens is 292 g/mol. The molecule has 0 spiro atoms. The van der Waals surface area contributed by atoms with E-state index in [1.807, 2.05) is 37.3 Å². The van der Waals surface area contributed by atoms with Crippen molar-refractivity contribution >= 4 is 5.91 Å². The molecule has 0 aliphatic heterocycles. The Labute approximate surface area is 135 Å². The second-order valence-electron chi connectivity index (χ2n) is 6.08. The number of nitrogens with zero attached hydrogens (tertiary/aromatic N) is 2. The van der Waals surface area contributed by atoms with E-state index in [4.69, 9.17) is 10.3 Å². The first-order chi connectivity index (χ1) is 11.1. The number of hydrogen-bond acceptors (Lipinski definition) is 5. The summed E-state index contributed by atoms with van der Waals surface area (Å²) < 4.78 is 5.45. The standard InChI is InChI=1S/C17H22N4O2/c1-2-13(22)19-14(12-8-4-3-5-9-12)15-20-16(21-23-15)17(18)10-6-7-11-17/h3-5,8-9,14H,2,6-7,10-11,18H2,1H3,(H,19,22). The van der Waals surface area contributed by atoms with Crippen LogP contribution in [0, 0.1) is 0 Å². The zero-order valence-electron chi connectivity index (χ0n) is 13.3. The van der Waals surface area contributed by atoms with Crippen LogP contribution in [0.3, 0.4) is 0 Å². The quantitative estimate of drug-likeness (QED) is 0.884. The van der Waals surface area contributed by atoms with Gasteiger partial charge in [-0.3, -0.25) is 4.79 Å². The lowest BCUT2D eigenvalue weighted by Gasteiger charge is -2.18. The van der Waals surface area contributed by atoms with Crippen LogP contribution in [-0.2, 0) is 10.3 Å². The van der Waals surface area contributed by atoms with Crippen molar-refractivity contribution in [3.8, 4) is 0 Å². The Bertz CT molecular complexity index is 662. The predicted octanol–water partition coefficient (Wildman–Crippen LogP) is 2.41. The van der Waals surface area contributed by atoms with Crippen LogP contribution >= 0.6 is 0 Å². The molecule has 1 saturated carbocycles. The number of benzene rings is 1. The first-order valence-corrected chi connectivity index (χ1v) is 8.09. The van der Waals surface area contributed by atoms with Gasteiger partial charge in [-0.1, -0.05) is 55.3 Å². The van der Waals surface area contributed by atoms with Gasteiger partial charge < -0.3 is 15.6 Å². The zero-order valence-corrected chi connectivity index (χ0v) is 13.3. The van der Waals surface area contributed by atoms with E-state index in [0.717, 1.165) is 31.2 Å². The summed E-state index contributed by atoms with van der Waals surface area (Å²) in [6.07, 6.45) is 4.28. The summed E-state index contributed by atoms with van der Waals surface area (Å²) in [6, 6.07) is 9.17. The van der Waals surface area contributed by atoms with Gasteiger partial charge in [0.15, 0.2) is 5.82 Å². The number of rotatable bonds is 5. The molecule has 0 saturated heterocycles. The summed E-state index contributed by atoms with van der Waals surface area (Å²) in [7, 11) is 0. The molecule has 1 amide bonds. The lowest BCUT2D eigenvalue weighted by atomic mass is 9.98. The van der Waals surface area contributed by atoms with Crippen LogP contribution in [0.1, 0.15) is 62.3 Å². The Hall–Kier alpha value is -2.21. The summed E-state index contributed by atoms with van der Waals surface area (Å²) in [6.45, 7) is 1.81. The Morgan fingerprint density at radius 2 is 2.04 bits per heavy atom. The number of amides is 1. The monoisotopic (exact) mass is 314 g/mol. The third-order valence-electron chi connectivity index (χ3n) is 4.39. The molecule has 1 aliphatic rings. The molecule has 23 heavy (non-hydrogen) atoms. The van der Waals surface area contributed by atoms with E-state index in [1.54, 1.807) is 0 Å². The van der Waals surface area contributed by atoms with Gasteiger partial charge >= 0.3 is 0 Å². The van der Waals surface area contributed by atoms with Crippen LogP contribution < -0.4 is 11.1 Å². The van der Waals surface area contributed by atoms with Gasteiger partial charge in [0, 0.05) is 6.42 Å². The number of hydrogen-bond donors (Lipinski definition) is 2. The molecule has 6 nitrogen and oxygen atoms in total. The number of carbonyl (C=O) groups excluding carboxylic acids is 1. The zero-order chi connectivity index (χ0) is 16.3. The molecule has 1 aliphatic carbocycles. The number of carbonyl (C=O) groups is 1. The van der Waals surface area contributed by atoms with Crippen LogP contribution in [0.25, 0.3) is 0 Å². The van der Waals surface area contributed by atoms with Crippen molar-refractivity contribution in [1.29, 1.82) is 0 Å². The van der Waals surface area contributed by atoms with Crippen LogP contribution in [0.5, 0.6) is 0 Å². The van der Waals surface area contributed by atoms with Crippen LogP contribution in [0.4, 0.5) is 0 Å². The summed E-state index contributed by atoms with van der Waals surface area (Å²) in [4.78, 5) is 16.4. The molecule has 1 atom stereocenters. The molecule has 3 rings (SSSR count). The smallest absolute Gasteiger partial charge is 0.253 e. The summed E-state index contributed by atoms with van der Waals surface area (Å²) in [5, 5.41) is 7.03. The van der Waals surface area contributed by atoms with Gasteiger partial charge in [-0.05, 0) is 18.4 Å². The largest absolute Gasteiger partial charge is 0.341 e. The van der Waals surface area contributed by atoms with Gasteiger partial charge in [-0.25, -0.2) is 0 Å². The lowest BCUT2D eigenvalue weighted by molar-refractivity contribution is -0.121. The fourth-order valence-electron chi connectivity index (χ4n) is 2.98. The molecule has 1 unspecified atom stereocenters. The van der Waals surface area contributed by atoms with E-state index in [2.05, 4.69) is 15.5 Å². The van der Waals surface area contributed by atoms with Crippen LogP contribution in [0.15, 0.2) is 34.9 Å². The third kappa shape index (κ3) is 3.27. The highest BCUT2D eigenvalue weighted by Gasteiger charge is 2.37. The SMILES string of the molecule is CCC(=O)NC(c1ccccc1)c1nc(C2(N)CCCC2)no1. The van der Waals surface area contributed by atoms with E-state index in [-0.39, 0.29) is 5.91 Å². The number of nitrogens with two attached hydrogens (primary N) is 1. The van der Waals surface area contributed by atoms with Gasteiger partial charge in [-0.15, -0.1) is 0 Å². The molecule has 0 radical (unpaired) electrons. The molecule has 1 aromatic carbocycles. The van der Waals surface area contributed by atoms with E-state index in [1.165, 1.54) is 0 Å². The van der Waals surface area contributed by atoms with Gasteiger partial charge in [-0.2, -0.15) is 4.98 Å². The molecule has 122 valence electrons. The van der Waals surface area contributed by atoms with Crippen molar-refractivity contribution in [2.45, 2.75) is 50.6 Å². The molecule has 1 heterocycles. The Morgan fingerprint density at radius 3 is 2.70 bits per heavy atom. The highest BCUT2D eigenvalue weighted by atomic mass is 16.5. The first kappa shape index (κ1) is 15.7. The lowest BCUT2D eigenvalue weighted by Crippen LogP contribution is -2.34. The minimum absolute atomic E-state index is 0.0677. The molecule has 3 N–H and O–H groups in total. The molecule has 0 bridgehead atoms. The number of aromatic nitrogens is 2. The van der Waals surface area contributed by atoms with Gasteiger partial charge in [0.1, 0.15) is 6.04 Å². The van der Waals surface area contributed by atoms with Crippen molar-refractivity contribution in [2.24, 2.45) is 5.73 Å². The van der Waals surface area contributed by atoms with E-state index in [9.17, 15) is 4.79 Å². The first-order valence-electron chi connectivity index (χ1n) is 8.09. The van der Waals surface area contributed by atoms with Gasteiger partial charge in [0.05, 0.1) is 5.54 Å². The maximum Gasteiger partial charge on any atom is 0.253 e. The van der Waals surface area contributed by atoms with Crippen LogP contribution in [-0.4, -0.2) is 16.0 Å². The minimum atomic E-state index is -0.502. The second-order valence-corrected chi connectivity index (χ2v) is 6.08. The van der Waals surface area contributed by atoms with Crippen LogP contribution in [0.2, 0.25) is 0 Å². The molecule has 1 aromatic heterocycles. The maximum absolute atomic E-state index is 11.9. The van der Waals surface area contributed by atoms with E-state index < -0.39 is 11.6 Å². The number of nitrogens with one attached hydrogen (secondary N) is 1. The van der Waals surface area contributed by atoms with E-state index in [0.29, 0.717) is 18.1 Å².